The highest BCUT2D eigenvalue weighted by Crippen LogP contribution is 2.35. The summed E-state index contributed by atoms with van der Waals surface area (Å²) in [7, 11) is 0. The van der Waals surface area contributed by atoms with Crippen LogP contribution < -0.4 is 0 Å². The molecule has 2 rings (SSSR count). The van der Waals surface area contributed by atoms with E-state index in [0.29, 0.717) is 0 Å². The van der Waals surface area contributed by atoms with Gasteiger partial charge in [-0.05, 0) is 80.3 Å². The third-order valence-electron chi connectivity index (χ3n) is 4.23. The maximum absolute atomic E-state index is 2.46. The van der Waals surface area contributed by atoms with E-state index in [1.54, 1.807) is 0 Å². The first-order chi connectivity index (χ1) is 10.00. The van der Waals surface area contributed by atoms with Gasteiger partial charge < -0.3 is 0 Å². The van der Waals surface area contributed by atoms with Gasteiger partial charge in [0.2, 0.25) is 0 Å². The molecule has 118 valence electrons. The summed E-state index contributed by atoms with van der Waals surface area (Å²) < 4.78 is 1.32. The average Bonchev–Trinajstić information content (AvgIpc) is 2.37. The van der Waals surface area contributed by atoms with Crippen LogP contribution in [0.25, 0.3) is 11.1 Å². The fourth-order valence-electron chi connectivity index (χ4n) is 2.58. The van der Waals surface area contributed by atoms with E-state index < -0.39 is 0 Å². The molecule has 2 aromatic carbocycles. The second-order valence-electron chi connectivity index (χ2n) is 8.22. The zero-order valence-corrected chi connectivity index (χ0v) is 17.0. The lowest BCUT2D eigenvalue weighted by molar-refractivity contribution is 0.589. The van der Waals surface area contributed by atoms with E-state index in [-0.39, 0.29) is 10.8 Å². The summed E-state index contributed by atoms with van der Waals surface area (Å²) in [5.41, 5.74) is 7.20. The third kappa shape index (κ3) is 3.73. The molecule has 0 amide bonds. The van der Waals surface area contributed by atoms with Crippen molar-refractivity contribution >= 4 is 22.6 Å². The summed E-state index contributed by atoms with van der Waals surface area (Å²) >= 11 is 2.46. The lowest BCUT2D eigenvalue weighted by Crippen LogP contribution is -2.12. The van der Waals surface area contributed by atoms with Crippen molar-refractivity contribution in [1.29, 1.82) is 0 Å². The predicted molar refractivity (Wildman–Crippen MR) is 107 cm³/mol. The Balaban J connectivity index is 2.66. The molecule has 0 aliphatic rings. The highest BCUT2D eigenvalue weighted by molar-refractivity contribution is 14.1. The quantitative estimate of drug-likeness (QED) is 0.454. The Morgan fingerprint density at radius 3 is 1.64 bits per heavy atom. The van der Waals surface area contributed by atoms with Crippen LogP contribution in [-0.2, 0) is 10.8 Å². The summed E-state index contributed by atoms with van der Waals surface area (Å²) in [4.78, 5) is 0. The molecule has 0 aliphatic heterocycles. The van der Waals surface area contributed by atoms with Crippen LogP contribution in [0.1, 0.15) is 58.2 Å². The first-order valence-corrected chi connectivity index (χ1v) is 8.99. The van der Waals surface area contributed by atoms with Gasteiger partial charge in [0, 0.05) is 3.57 Å². The number of hydrogen-bond donors (Lipinski definition) is 0. The van der Waals surface area contributed by atoms with Crippen LogP contribution in [0.4, 0.5) is 0 Å². The lowest BCUT2D eigenvalue weighted by Gasteiger charge is -2.23. The maximum Gasteiger partial charge on any atom is 0.0209 e. The molecule has 0 atom stereocenters. The first-order valence-electron chi connectivity index (χ1n) is 7.92. The van der Waals surface area contributed by atoms with Gasteiger partial charge in [0.15, 0.2) is 0 Å². The number of halogens is 1. The second-order valence-corrected chi connectivity index (χ2v) is 9.39. The van der Waals surface area contributed by atoms with Gasteiger partial charge in [-0.15, -0.1) is 0 Å². The molecule has 0 saturated heterocycles. The van der Waals surface area contributed by atoms with Gasteiger partial charge in [0.1, 0.15) is 0 Å². The fourth-order valence-corrected chi connectivity index (χ4v) is 3.20. The van der Waals surface area contributed by atoms with Crippen molar-refractivity contribution in [2.45, 2.75) is 59.3 Å². The van der Waals surface area contributed by atoms with Gasteiger partial charge in [0.25, 0.3) is 0 Å². The van der Waals surface area contributed by atoms with Gasteiger partial charge >= 0.3 is 0 Å². The Morgan fingerprint density at radius 1 is 0.682 bits per heavy atom. The number of aryl methyl sites for hydroxylation is 1. The molecule has 1 heteroatoms. The van der Waals surface area contributed by atoms with Crippen molar-refractivity contribution < 1.29 is 0 Å². The fraction of sp³-hybridized carbons (Fsp3) is 0.429. The molecule has 0 aliphatic carbocycles. The lowest BCUT2D eigenvalue weighted by atomic mass is 9.82. The van der Waals surface area contributed by atoms with Crippen LogP contribution in [0.3, 0.4) is 0 Å². The minimum Gasteiger partial charge on any atom is -0.0584 e. The monoisotopic (exact) mass is 406 g/mol. The van der Waals surface area contributed by atoms with Crippen LogP contribution in [0.2, 0.25) is 0 Å². The summed E-state index contributed by atoms with van der Waals surface area (Å²) in [6.45, 7) is 15.9. The molecule has 0 N–H and O–H groups in total. The van der Waals surface area contributed by atoms with Crippen molar-refractivity contribution in [3.63, 3.8) is 0 Å². The molecule has 22 heavy (non-hydrogen) atoms. The van der Waals surface area contributed by atoms with E-state index in [0.717, 1.165) is 0 Å². The molecule has 0 unspecified atom stereocenters. The molecule has 0 spiro atoms. The zero-order valence-electron chi connectivity index (χ0n) is 14.8. The number of hydrogen-bond acceptors (Lipinski definition) is 0. The van der Waals surface area contributed by atoms with E-state index >= 15 is 0 Å². The van der Waals surface area contributed by atoms with Crippen molar-refractivity contribution in [1.82, 2.24) is 0 Å². The van der Waals surface area contributed by atoms with E-state index in [4.69, 9.17) is 0 Å². The topological polar surface area (TPSA) is 0 Å². The van der Waals surface area contributed by atoms with Crippen molar-refractivity contribution in [3.8, 4) is 11.1 Å². The van der Waals surface area contributed by atoms with Crippen LogP contribution >= 0.6 is 22.6 Å². The van der Waals surface area contributed by atoms with E-state index in [2.05, 4.69) is 107 Å². The standard InChI is InChI=1S/C21H27I/c1-14-8-9-15(20(2,3)4)12-17(14)18-13-16(21(5,6)7)10-11-19(18)22/h8-13H,1-7H3. The smallest absolute Gasteiger partial charge is 0.0209 e. The van der Waals surface area contributed by atoms with Crippen molar-refractivity contribution in [3.05, 3.63) is 56.7 Å². The molecular formula is C21H27I. The Bertz CT molecular complexity index is 621. The van der Waals surface area contributed by atoms with E-state index in [1.165, 1.54) is 31.4 Å². The van der Waals surface area contributed by atoms with Gasteiger partial charge in [-0.25, -0.2) is 0 Å². The summed E-state index contributed by atoms with van der Waals surface area (Å²) in [5.74, 6) is 0. The summed E-state index contributed by atoms with van der Waals surface area (Å²) in [5, 5.41) is 0. The molecule has 2 aromatic rings. The normalized spacial score (nSPS) is 12.5. The Hall–Kier alpha value is -0.830. The molecule has 0 saturated carbocycles. The average molecular weight is 406 g/mol. The minimum atomic E-state index is 0.175. The number of rotatable bonds is 1. The second kappa shape index (κ2) is 5.99. The first kappa shape index (κ1) is 17.5. The van der Waals surface area contributed by atoms with Crippen molar-refractivity contribution in [2.24, 2.45) is 0 Å². The highest BCUT2D eigenvalue weighted by Gasteiger charge is 2.19. The van der Waals surface area contributed by atoms with Gasteiger partial charge in [0.05, 0.1) is 0 Å². The SMILES string of the molecule is Cc1ccc(C(C)(C)C)cc1-c1cc(C(C)(C)C)ccc1I. The van der Waals surface area contributed by atoms with Gasteiger partial charge in [-0.1, -0.05) is 65.8 Å². The third-order valence-corrected chi connectivity index (χ3v) is 5.17. The van der Waals surface area contributed by atoms with Crippen LogP contribution in [0.15, 0.2) is 36.4 Å². The van der Waals surface area contributed by atoms with Gasteiger partial charge in [-0.2, -0.15) is 0 Å². The Labute approximate surface area is 149 Å². The molecule has 0 aromatic heterocycles. The Kier molecular flexibility index (Phi) is 4.77. The molecule has 0 bridgehead atoms. The molecule has 0 fully saturated rings. The summed E-state index contributed by atoms with van der Waals surface area (Å²) in [6.07, 6.45) is 0. The maximum atomic E-state index is 2.46. The van der Waals surface area contributed by atoms with Crippen LogP contribution in [-0.4, -0.2) is 0 Å². The van der Waals surface area contributed by atoms with E-state index in [1.807, 2.05) is 0 Å². The highest BCUT2D eigenvalue weighted by atomic mass is 127. The summed E-state index contributed by atoms with van der Waals surface area (Å²) in [6, 6.07) is 13.8. The molecular weight excluding hydrogens is 379 g/mol. The van der Waals surface area contributed by atoms with Crippen LogP contribution in [0, 0.1) is 10.5 Å². The van der Waals surface area contributed by atoms with Crippen LogP contribution in [0.5, 0.6) is 0 Å². The largest absolute Gasteiger partial charge is 0.0584 e. The van der Waals surface area contributed by atoms with Crippen molar-refractivity contribution in [2.75, 3.05) is 0 Å². The van der Waals surface area contributed by atoms with E-state index in [9.17, 15) is 0 Å². The predicted octanol–water partition coefficient (Wildman–Crippen LogP) is 6.86. The van der Waals surface area contributed by atoms with Gasteiger partial charge in [-0.3, -0.25) is 0 Å². The number of benzene rings is 2. The zero-order chi connectivity index (χ0) is 16.7. The minimum absolute atomic E-state index is 0.175. The molecule has 0 radical (unpaired) electrons. The Morgan fingerprint density at radius 2 is 1.14 bits per heavy atom. The molecule has 0 heterocycles. The molecule has 0 nitrogen and oxygen atoms in total.